The average molecular weight is 398 g/mol. The molecule has 4 rings (SSSR count). The summed E-state index contributed by atoms with van der Waals surface area (Å²) in [5.74, 6) is -0.636. The molecule has 1 fully saturated rings. The van der Waals surface area contributed by atoms with E-state index in [4.69, 9.17) is 4.65 Å². The van der Waals surface area contributed by atoms with Crippen LogP contribution in [0.1, 0.15) is 54.4 Å². The third kappa shape index (κ3) is 4.47. The molecule has 1 aromatic rings. The summed E-state index contributed by atoms with van der Waals surface area (Å²) in [6.45, 7) is 1.90. The first-order valence-electron chi connectivity index (χ1n) is 10.5. The fourth-order valence-corrected chi connectivity index (χ4v) is 4.88. The third-order valence-corrected chi connectivity index (χ3v) is 6.46. The van der Waals surface area contributed by atoms with Gasteiger partial charge in [0.1, 0.15) is 11.5 Å². The Labute approximate surface area is 170 Å². The predicted molar refractivity (Wildman–Crippen MR) is 110 cm³/mol. The molecule has 154 valence electrons. The fourth-order valence-electron chi connectivity index (χ4n) is 4.88. The number of Topliss-reactive ketones (excluding diaryl/α,β-unsaturated/α-hetero) is 1. The lowest BCUT2D eigenvalue weighted by molar-refractivity contribution is -0.120. The van der Waals surface area contributed by atoms with Gasteiger partial charge in [0.15, 0.2) is 0 Å². The summed E-state index contributed by atoms with van der Waals surface area (Å²) >= 11 is 0. The molecule has 1 aromatic carbocycles. The molecule has 0 amide bonds. The third-order valence-electron chi connectivity index (χ3n) is 6.46. The Morgan fingerprint density at radius 3 is 2.69 bits per heavy atom. The summed E-state index contributed by atoms with van der Waals surface area (Å²) in [5.41, 5.74) is 0.784. The molecule has 2 aliphatic heterocycles. The molecule has 2 N–H and O–H groups in total. The molecule has 0 aromatic heterocycles. The first-order chi connectivity index (χ1) is 14.0. The highest BCUT2D eigenvalue weighted by molar-refractivity contribution is 6.47. The molecule has 0 spiro atoms. The van der Waals surface area contributed by atoms with Gasteiger partial charge in [0.25, 0.3) is 0 Å². The number of aromatic carboxylic acids is 1. The van der Waals surface area contributed by atoms with Crippen LogP contribution < -0.4 is 4.65 Å². The SMILES string of the molecule is O=C(CC1CCC(N2C=NCC2)CC1)C[C@H]1Cc2cccc(C(=O)O)c2OB1O. The number of para-hydroxylation sites is 1. The predicted octanol–water partition coefficient (Wildman–Crippen LogP) is 2.42. The Kier molecular flexibility index (Phi) is 5.90. The number of carbonyl (C=O) groups is 2. The molecule has 7 nitrogen and oxygen atoms in total. The van der Waals surface area contributed by atoms with Gasteiger partial charge in [0, 0.05) is 31.2 Å². The summed E-state index contributed by atoms with van der Waals surface area (Å²) < 4.78 is 5.50. The van der Waals surface area contributed by atoms with Gasteiger partial charge in [0.05, 0.1) is 18.4 Å². The number of ketones is 1. The highest BCUT2D eigenvalue weighted by Crippen LogP contribution is 2.37. The van der Waals surface area contributed by atoms with Crippen molar-refractivity contribution in [3.63, 3.8) is 0 Å². The van der Waals surface area contributed by atoms with Crippen LogP contribution in [0.15, 0.2) is 23.2 Å². The van der Waals surface area contributed by atoms with Crippen LogP contribution in [0.2, 0.25) is 5.82 Å². The summed E-state index contributed by atoms with van der Waals surface area (Å²) in [5, 5.41) is 19.6. The topological polar surface area (TPSA) is 99.4 Å². The van der Waals surface area contributed by atoms with Crippen molar-refractivity contribution in [1.82, 2.24) is 4.90 Å². The summed E-state index contributed by atoms with van der Waals surface area (Å²) in [6, 6.07) is 5.49. The van der Waals surface area contributed by atoms with Gasteiger partial charge in [-0.15, -0.1) is 0 Å². The van der Waals surface area contributed by atoms with Gasteiger partial charge in [-0.05, 0) is 49.7 Å². The van der Waals surface area contributed by atoms with Crippen molar-refractivity contribution in [3.8, 4) is 5.75 Å². The van der Waals surface area contributed by atoms with Crippen LogP contribution in [0, 0.1) is 5.92 Å². The number of carbonyl (C=O) groups excluding carboxylic acids is 1. The van der Waals surface area contributed by atoms with E-state index < -0.39 is 13.1 Å². The van der Waals surface area contributed by atoms with Gasteiger partial charge in [-0.1, -0.05) is 12.1 Å². The minimum atomic E-state index is -1.16. The van der Waals surface area contributed by atoms with Crippen molar-refractivity contribution < 1.29 is 24.4 Å². The lowest BCUT2D eigenvalue weighted by Crippen LogP contribution is -2.37. The summed E-state index contributed by atoms with van der Waals surface area (Å²) in [4.78, 5) is 30.6. The molecule has 1 aliphatic carbocycles. The van der Waals surface area contributed by atoms with E-state index in [2.05, 4.69) is 9.89 Å². The van der Waals surface area contributed by atoms with Gasteiger partial charge >= 0.3 is 13.1 Å². The van der Waals surface area contributed by atoms with Gasteiger partial charge in [-0.25, -0.2) is 4.79 Å². The maximum absolute atomic E-state index is 12.7. The van der Waals surface area contributed by atoms with Crippen molar-refractivity contribution in [2.45, 2.75) is 56.8 Å². The monoisotopic (exact) mass is 398 g/mol. The van der Waals surface area contributed by atoms with E-state index in [9.17, 15) is 19.7 Å². The number of hydrogen-bond acceptors (Lipinski definition) is 6. The first-order valence-corrected chi connectivity index (χ1v) is 10.5. The maximum atomic E-state index is 12.7. The smallest absolute Gasteiger partial charge is 0.526 e. The lowest BCUT2D eigenvalue weighted by Gasteiger charge is -2.34. The van der Waals surface area contributed by atoms with Crippen molar-refractivity contribution in [2.24, 2.45) is 10.9 Å². The van der Waals surface area contributed by atoms with Crippen LogP contribution in [0.4, 0.5) is 0 Å². The van der Waals surface area contributed by atoms with E-state index in [1.54, 1.807) is 12.1 Å². The molecule has 1 saturated carbocycles. The molecule has 2 heterocycles. The minimum Gasteiger partial charge on any atom is -0.535 e. The number of hydrogen-bond donors (Lipinski definition) is 2. The molecule has 3 aliphatic rings. The number of nitrogens with zero attached hydrogens (tertiary/aromatic N) is 2. The molecule has 0 bridgehead atoms. The molecule has 0 saturated heterocycles. The fraction of sp³-hybridized carbons (Fsp3) is 0.571. The normalized spacial score (nSPS) is 26.2. The molecular formula is C21H27BN2O5. The molecular weight excluding hydrogens is 371 g/mol. The van der Waals surface area contributed by atoms with E-state index in [1.165, 1.54) is 6.07 Å². The highest BCUT2D eigenvalue weighted by atomic mass is 16.5. The minimum absolute atomic E-state index is 0.0473. The zero-order valence-corrected chi connectivity index (χ0v) is 16.5. The molecule has 0 radical (unpaired) electrons. The van der Waals surface area contributed by atoms with Crippen LogP contribution in [-0.2, 0) is 11.2 Å². The lowest BCUT2D eigenvalue weighted by atomic mass is 9.64. The Hall–Kier alpha value is -2.35. The van der Waals surface area contributed by atoms with Crippen molar-refractivity contribution in [1.29, 1.82) is 0 Å². The van der Waals surface area contributed by atoms with Crippen LogP contribution in [-0.4, -0.2) is 59.4 Å². The van der Waals surface area contributed by atoms with Crippen LogP contribution >= 0.6 is 0 Å². The molecule has 8 heteroatoms. The first kappa shape index (κ1) is 19.9. The Morgan fingerprint density at radius 2 is 2.00 bits per heavy atom. The zero-order chi connectivity index (χ0) is 20.4. The summed E-state index contributed by atoms with van der Waals surface area (Å²) in [6.07, 6.45) is 7.53. The van der Waals surface area contributed by atoms with E-state index in [1.807, 2.05) is 6.34 Å². The number of carboxylic acid groups (broad SMARTS) is 1. The van der Waals surface area contributed by atoms with Gasteiger partial charge in [0.2, 0.25) is 0 Å². The number of aliphatic imine (C=N–C) groups is 1. The standard InChI is InChI=1S/C21H27BN2O5/c25-18(10-14-4-6-17(7-5-14)24-9-8-23-13-24)12-16-11-15-2-1-3-19(21(26)27)20(15)29-22(16)28/h1-3,13-14,16-17,28H,4-12H2,(H,26,27)/t14?,16-,17?/m1/s1. The Bertz CT molecular complexity index is 806. The quantitative estimate of drug-likeness (QED) is 0.714. The molecule has 0 unspecified atom stereocenters. The van der Waals surface area contributed by atoms with Gasteiger partial charge in [-0.2, -0.15) is 0 Å². The van der Waals surface area contributed by atoms with Crippen LogP contribution in [0.3, 0.4) is 0 Å². The zero-order valence-electron chi connectivity index (χ0n) is 16.5. The molecule has 29 heavy (non-hydrogen) atoms. The average Bonchev–Trinajstić information content (AvgIpc) is 3.23. The second-order valence-electron chi connectivity index (χ2n) is 8.45. The number of rotatable bonds is 6. The van der Waals surface area contributed by atoms with Crippen LogP contribution in [0.25, 0.3) is 0 Å². The number of fused-ring (bicyclic) bond motifs is 1. The number of carboxylic acids is 1. The van der Waals surface area contributed by atoms with E-state index in [0.717, 1.165) is 44.3 Å². The van der Waals surface area contributed by atoms with E-state index >= 15 is 0 Å². The molecule has 1 atom stereocenters. The largest absolute Gasteiger partial charge is 0.535 e. The van der Waals surface area contributed by atoms with Crippen molar-refractivity contribution in [2.75, 3.05) is 13.1 Å². The van der Waals surface area contributed by atoms with Gasteiger partial charge in [-0.3, -0.25) is 9.79 Å². The van der Waals surface area contributed by atoms with Crippen molar-refractivity contribution >= 4 is 25.2 Å². The van der Waals surface area contributed by atoms with E-state index in [0.29, 0.717) is 24.8 Å². The van der Waals surface area contributed by atoms with E-state index in [-0.39, 0.29) is 29.3 Å². The summed E-state index contributed by atoms with van der Waals surface area (Å²) in [7, 11) is -1.16. The Balaban J connectivity index is 1.29. The Morgan fingerprint density at radius 1 is 1.21 bits per heavy atom. The van der Waals surface area contributed by atoms with Crippen LogP contribution in [0.5, 0.6) is 5.75 Å². The second kappa shape index (κ2) is 8.57. The second-order valence-corrected chi connectivity index (χ2v) is 8.45. The van der Waals surface area contributed by atoms with Gasteiger partial charge < -0.3 is 19.7 Å². The van der Waals surface area contributed by atoms with Crippen molar-refractivity contribution in [3.05, 3.63) is 29.3 Å². The maximum Gasteiger partial charge on any atom is 0.526 e. The number of benzene rings is 1. The highest BCUT2D eigenvalue weighted by Gasteiger charge is 2.38.